The summed E-state index contributed by atoms with van der Waals surface area (Å²) >= 11 is 0. The monoisotopic (exact) mass is 306 g/mol. The second-order valence-corrected chi connectivity index (χ2v) is 6.71. The second-order valence-electron chi connectivity index (χ2n) is 6.71. The lowest BCUT2D eigenvalue weighted by molar-refractivity contribution is 0.00452. The molecule has 0 radical (unpaired) electrons. The van der Waals surface area contributed by atoms with Gasteiger partial charge in [-0.05, 0) is 49.5 Å². The van der Waals surface area contributed by atoms with Gasteiger partial charge in [-0.3, -0.25) is 4.79 Å². The van der Waals surface area contributed by atoms with Crippen molar-refractivity contribution in [3.05, 3.63) is 71.8 Å². The summed E-state index contributed by atoms with van der Waals surface area (Å²) in [6.07, 6.45) is 2.31. The van der Waals surface area contributed by atoms with Gasteiger partial charge < -0.3 is 10.2 Å². The molecular formula is C20H22N2O. The summed E-state index contributed by atoms with van der Waals surface area (Å²) in [6.45, 7) is 3.22. The van der Waals surface area contributed by atoms with E-state index in [1.165, 1.54) is 5.56 Å². The Labute approximate surface area is 137 Å². The standard InChI is InChI=1S/C20H22N2O/c23-19(16-7-3-1-4-8-16)21-20(17-9-5-2-6-10-17)15-22-13-11-18(20)12-14-22/h1-10,18H,11-15H2,(H,21,23). The zero-order valence-corrected chi connectivity index (χ0v) is 13.2. The van der Waals surface area contributed by atoms with Crippen LogP contribution in [0.2, 0.25) is 0 Å². The van der Waals surface area contributed by atoms with Gasteiger partial charge in [0.15, 0.2) is 0 Å². The number of piperidine rings is 3. The van der Waals surface area contributed by atoms with E-state index in [1.54, 1.807) is 0 Å². The van der Waals surface area contributed by atoms with Gasteiger partial charge in [0.1, 0.15) is 0 Å². The van der Waals surface area contributed by atoms with Gasteiger partial charge in [0, 0.05) is 12.1 Å². The molecule has 0 spiro atoms. The molecule has 23 heavy (non-hydrogen) atoms. The predicted octanol–water partition coefficient (Wildman–Crippen LogP) is 3.04. The van der Waals surface area contributed by atoms with Crippen molar-refractivity contribution < 1.29 is 4.79 Å². The van der Waals surface area contributed by atoms with Gasteiger partial charge in [0.25, 0.3) is 5.91 Å². The van der Waals surface area contributed by atoms with Crippen LogP contribution in [0.5, 0.6) is 0 Å². The molecule has 3 nitrogen and oxygen atoms in total. The van der Waals surface area contributed by atoms with E-state index < -0.39 is 0 Å². The Kier molecular flexibility index (Phi) is 3.66. The van der Waals surface area contributed by atoms with Crippen molar-refractivity contribution in [2.45, 2.75) is 18.4 Å². The third kappa shape index (κ3) is 2.55. The summed E-state index contributed by atoms with van der Waals surface area (Å²) in [5.74, 6) is 0.547. The van der Waals surface area contributed by atoms with Crippen molar-refractivity contribution in [3.63, 3.8) is 0 Å². The Morgan fingerprint density at radius 1 is 0.957 bits per heavy atom. The molecule has 5 rings (SSSR count). The molecule has 2 bridgehead atoms. The molecule has 2 aromatic carbocycles. The number of benzene rings is 2. The molecule has 1 unspecified atom stereocenters. The highest BCUT2D eigenvalue weighted by molar-refractivity contribution is 5.94. The maximum Gasteiger partial charge on any atom is 0.252 e. The molecule has 1 amide bonds. The SMILES string of the molecule is O=C(NC1(c2ccccc2)CN2CCC1CC2)c1ccccc1. The van der Waals surface area contributed by atoms with Crippen molar-refractivity contribution in [1.82, 2.24) is 10.2 Å². The van der Waals surface area contributed by atoms with Crippen LogP contribution in [-0.4, -0.2) is 30.4 Å². The molecule has 2 aromatic rings. The number of nitrogens with one attached hydrogen (secondary N) is 1. The van der Waals surface area contributed by atoms with E-state index in [4.69, 9.17) is 0 Å². The van der Waals surface area contributed by atoms with Crippen LogP contribution in [0.3, 0.4) is 0 Å². The Morgan fingerprint density at radius 2 is 1.57 bits per heavy atom. The van der Waals surface area contributed by atoms with E-state index in [2.05, 4.69) is 34.5 Å². The number of amides is 1. The van der Waals surface area contributed by atoms with Gasteiger partial charge >= 0.3 is 0 Å². The maximum absolute atomic E-state index is 12.8. The summed E-state index contributed by atoms with van der Waals surface area (Å²) in [4.78, 5) is 15.3. The Bertz CT molecular complexity index is 677. The molecule has 3 aliphatic heterocycles. The van der Waals surface area contributed by atoms with E-state index in [9.17, 15) is 4.79 Å². The minimum atomic E-state index is -0.259. The smallest absolute Gasteiger partial charge is 0.252 e. The zero-order valence-electron chi connectivity index (χ0n) is 13.2. The van der Waals surface area contributed by atoms with Gasteiger partial charge in [-0.15, -0.1) is 0 Å². The maximum atomic E-state index is 12.8. The fraction of sp³-hybridized carbons (Fsp3) is 0.350. The van der Waals surface area contributed by atoms with Gasteiger partial charge in [0.05, 0.1) is 5.54 Å². The summed E-state index contributed by atoms with van der Waals surface area (Å²) in [5.41, 5.74) is 1.71. The molecule has 3 heteroatoms. The minimum absolute atomic E-state index is 0.0307. The highest BCUT2D eigenvalue weighted by Crippen LogP contribution is 2.42. The van der Waals surface area contributed by atoms with Crippen LogP contribution < -0.4 is 5.32 Å². The number of hydrogen-bond donors (Lipinski definition) is 1. The van der Waals surface area contributed by atoms with Crippen LogP contribution in [0.4, 0.5) is 0 Å². The molecule has 1 N–H and O–H groups in total. The first kappa shape index (κ1) is 14.5. The molecule has 3 saturated heterocycles. The van der Waals surface area contributed by atoms with E-state index >= 15 is 0 Å². The minimum Gasteiger partial charge on any atom is -0.341 e. The van der Waals surface area contributed by atoms with Crippen molar-refractivity contribution in [2.24, 2.45) is 5.92 Å². The van der Waals surface area contributed by atoms with Crippen LogP contribution in [0, 0.1) is 5.92 Å². The quantitative estimate of drug-likeness (QED) is 0.945. The Balaban J connectivity index is 1.71. The fourth-order valence-electron chi connectivity index (χ4n) is 4.21. The predicted molar refractivity (Wildman–Crippen MR) is 91.2 cm³/mol. The van der Waals surface area contributed by atoms with Gasteiger partial charge in [-0.25, -0.2) is 0 Å². The first-order valence-corrected chi connectivity index (χ1v) is 8.43. The summed E-state index contributed by atoms with van der Waals surface area (Å²) in [5, 5.41) is 3.42. The topological polar surface area (TPSA) is 32.3 Å². The van der Waals surface area contributed by atoms with E-state index in [1.807, 2.05) is 36.4 Å². The van der Waals surface area contributed by atoms with E-state index in [0.717, 1.165) is 38.0 Å². The number of carbonyl (C=O) groups is 1. The lowest BCUT2D eigenvalue weighted by atomic mass is 9.69. The average Bonchev–Trinajstić information content (AvgIpc) is 2.64. The third-order valence-electron chi connectivity index (χ3n) is 5.42. The molecule has 118 valence electrons. The molecule has 3 heterocycles. The first-order valence-electron chi connectivity index (χ1n) is 8.43. The molecule has 3 aliphatic rings. The zero-order chi connectivity index (χ0) is 15.7. The van der Waals surface area contributed by atoms with Crippen LogP contribution in [0.1, 0.15) is 28.8 Å². The second kappa shape index (κ2) is 5.82. The van der Waals surface area contributed by atoms with Crippen molar-refractivity contribution >= 4 is 5.91 Å². The van der Waals surface area contributed by atoms with Gasteiger partial charge in [-0.2, -0.15) is 0 Å². The molecular weight excluding hydrogens is 284 g/mol. The molecule has 3 fully saturated rings. The first-order chi connectivity index (χ1) is 11.3. The number of carbonyl (C=O) groups excluding carboxylic acids is 1. The number of nitrogens with zero attached hydrogens (tertiary/aromatic N) is 1. The molecule has 1 atom stereocenters. The molecule has 0 aliphatic carbocycles. The van der Waals surface area contributed by atoms with Crippen LogP contribution in [0.25, 0.3) is 0 Å². The van der Waals surface area contributed by atoms with Crippen LogP contribution in [-0.2, 0) is 5.54 Å². The van der Waals surface area contributed by atoms with E-state index in [0.29, 0.717) is 5.92 Å². The van der Waals surface area contributed by atoms with Gasteiger partial charge in [-0.1, -0.05) is 48.5 Å². The largest absolute Gasteiger partial charge is 0.341 e. The van der Waals surface area contributed by atoms with Crippen LogP contribution >= 0.6 is 0 Å². The summed E-state index contributed by atoms with van der Waals surface area (Å²) < 4.78 is 0. The molecule has 0 aromatic heterocycles. The third-order valence-corrected chi connectivity index (χ3v) is 5.42. The average molecular weight is 306 g/mol. The van der Waals surface area contributed by atoms with Crippen molar-refractivity contribution in [3.8, 4) is 0 Å². The fourth-order valence-corrected chi connectivity index (χ4v) is 4.21. The summed E-state index contributed by atoms with van der Waals surface area (Å²) in [7, 11) is 0. The van der Waals surface area contributed by atoms with E-state index in [-0.39, 0.29) is 11.4 Å². The highest BCUT2D eigenvalue weighted by Gasteiger charge is 2.48. The highest BCUT2D eigenvalue weighted by atomic mass is 16.1. The number of fused-ring (bicyclic) bond motifs is 3. The van der Waals surface area contributed by atoms with Crippen LogP contribution in [0.15, 0.2) is 60.7 Å². The lowest BCUT2D eigenvalue weighted by Gasteiger charge is -2.54. The number of rotatable bonds is 3. The Hall–Kier alpha value is -2.13. The normalized spacial score (nSPS) is 29.2. The van der Waals surface area contributed by atoms with Crippen molar-refractivity contribution in [1.29, 1.82) is 0 Å². The number of hydrogen-bond acceptors (Lipinski definition) is 2. The molecule has 0 saturated carbocycles. The lowest BCUT2D eigenvalue weighted by Crippen LogP contribution is -2.64. The van der Waals surface area contributed by atoms with Gasteiger partial charge in [0.2, 0.25) is 0 Å². The summed E-state index contributed by atoms with van der Waals surface area (Å²) in [6, 6.07) is 20.1. The van der Waals surface area contributed by atoms with Crippen molar-refractivity contribution in [2.75, 3.05) is 19.6 Å². The Morgan fingerprint density at radius 3 is 2.13 bits per heavy atom.